The average molecular weight is 343 g/mol. The molecule has 0 aliphatic rings. The quantitative estimate of drug-likeness (QED) is 0.807. The van der Waals surface area contributed by atoms with E-state index < -0.39 is 0 Å². The van der Waals surface area contributed by atoms with Gasteiger partial charge in [0.2, 0.25) is 5.91 Å². The van der Waals surface area contributed by atoms with Crippen LogP contribution in [0, 0.1) is 0 Å². The Hall–Kier alpha value is -1.17. The SMILES string of the molecule is CC(C)c1nc(Br)cc(NCCC(=O)NC(C)(C)C)n1. The summed E-state index contributed by atoms with van der Waals surface area (Å²) in [6.07, 6.45) is 0.413. The van der Waals surface area contributed by atoms with Crippen LogP contribution in [0.1, 0.15) is 52.8 Å². The second-order valence-corrected chi connectivity index (χ2v) is 6.88. The third-order valence-corrected chi connectivity index (χ3v) is 2.81. The van der Waals surface area contributed by atoms with Crippen LogP contribution in [-0.2, 0) is 4.79 Å². The van der Waals surface area contributed by atoms with E-state index in [2.05, 4.69) is 36.5 Å². The summed E-state index contributed by atoms with van der Waals surface area (Å²) < 4.78 is 0.748. The predicted octanol–water partition coefficient (Wildman–Crippen LogP) is 3.08. The molecule has 20 heavy (non-hydrogen) atoms. The summed E-state index contributed by atoms with van der Waals surface area (Å²) in [5, 5.41) is 6.08. The molecule has 0 saturated carbocycles. The highest BCUT2D eigenvalue weighted by molar-refractivity contribution is 9.10. The van der Waals surface area contributed by atoms with Crippen molar-refractivity contribution >= 4 is 27.7 Å². The van der Waals surface area contributed by atoms with Crippen LogP contribution in [0.2, 0.25) is 0 Å². The molecule has 0 aromatic carbocycles. The molecule has 0 spiro atoms. The molecular weight excluding hydrogens is 320 g/mol. The number of halogens is 1. The first kappa shape index (κ1) is 16.9. The zero-order valence-corrected chi connectivity index (χ0v) is 14.3. The molecule has 1 aromatic rings. The maximum absolute atomic E-state index is 11.7. The van der Waals surface area contributed by atoms with Gasteiger partial charge in [0.25, 0.3) is 0 Å². The van der Waals surface area contributed by atoms with E-state index in [0.717, 1.165) is 16.2 Å². The summed E-state index contributed by atoms with van der Waals surface area (Å²) in [5.74, 6) is 1.81. The molecule has 5 nitrogen and oxygen atoms in total. The minimum absolute atomic E-state index is 0.0298. The average Bonchev–Trinajstić information content (AvgIpc) is 2.25. The number of carbonyl (C=O) groups is 1. The molecule has 0 atom stereocenters. The molecule has 0 saturated heterocycles. The number of amides is 1. The molecule has 1 amide bonds. The van der Waals surface area contributed by atoms with E-state index in [9.17, 15) is 4.79 Å². The molecular formula is C14H23BrN4O. The second kappa shape index (κ2) is 7.02. The van der Waals surface area contributed by atoms with E-state index in [-0.39, 0.29) is 17.4 Å². The van der Waals surface area contributed by atoms with Gasteiger partial charge in [-0.05, 0) is 36.7 Å². The van der Waals surface area contributed by atoms with Crippen LogP contribution in [0.25, 0.3) is 0 Å². The number of aromatic nitrogens is 2. The van der Waals surface area contributed by atoms with Crippen molar-refractivity contribution in [3.63, 3.8) is 0 Å². The summed E-state index contributed by atoms with van der Waals surface area (Å²) in [6.45, 7) is 10.5. The third kappa shape index (κ3) is 6.32. The summed E-state index contributed by atoms with van der Waals surface area (Å²) in [5.41, 5.74) is -0.195. The first-order valence-corrected chi connectivity index (χ1v) is 7.56. The molecule has 0 bridgehead atoms. The molecule has 112 valence electrons. The van der Waals surface area contributed by atoms with Crippen LogP contribution in [0.3, 0.4) is 0 Å². The Morgan fingerprint density at radius 1 is 1.35 bits per heavy atom. The fraction of sp³-hybridized carbons (Fsp3) is 0.643. The lowest BCUT2D eigenvalue weighted by Crippen LogP contribution is -2.41. The molecule has 1 aromatic heterocycles. The van der Waals surface area contributed by atoms with Crippen LogP contribution in [0.5, 0.6) is 0 Å². The van der Waals surface area contributed by atoms with E-state index in [4.69, 9.17) is 0 Å². The summed E-state index contributed by atoms with van der Waals surface area (Å²) in [7, 11) is 0. The summed E-state index contributed by atoms with van der Waals surface area (Å²) in [4.78, 5) is 20.4. The van der Waals surface area contributed by atoms with Gasteiger partial charge in [-0.25, -0.2) is 9.97 Å². The van der Waals surface area contributed by atoms with E-state index in [1.54, 1.807) is 0 Å². The topological polar surface area (TPSA) is 66.9 Å². The van der Waals surface area contributed by atoms with E-state index in [0.29, 0.717) is 13.0 Å². The zero-order valence-electron chi connectivity index (χ0n) is 12.7. The van der Waals surface area contributed by atoms with Gasteiger partial charge in [-0.2, -0.15) is 0 Å². The predicted molar refractivity (Wildman–Crippen MR) is 84.8 cm³/mol. The first-order chi connectivity index (χ1) is 9.17. The van der Waals surface area contributed by atoms with Gasteiger partial charge in [0.15, 0.2) is 0 Å². The van der Waals surface area contributed by atoms with Crippen molar-refractivity contribution < 1.29 is 4.79 Å². The van der Waals surface area contributed by atoms with Crippen molar-refractivity contribution in [2.75, 3.05) is 11.9 Å². The fourth-order valence-corrected chi connectivity index (χ4v) is 1.97. The van der Waals surface area contributed by atoms with Gasteiger partial charge in [0.05, 0.1) is 0 Å². The number of hydrogen-bond acceptors (Lipinski definition) is 4. The number of hydrogen-bond donors (Lipinski definition) is 2. The Morgan fingerprint density at radius 3 is 2.55 bits per heavy atom. The molecule has 6 heteroatoms. The monoisotopic (exact) mass is 342 g/mol. The van der Waals surface area contributed by atoms with Gasteiger partial charge in [-0.1, -0.05) is 13.8 Å². The summed E-state index contributed by atoms with van der Waals surface area (Å²) in [6, 6.07) is 1.81. The standard InChI is InChI=1S/C14H23BrN4O/c1-9(2)13-17-10(15)8-11(18-13)16-7-6-12(20)19-14(3,4)5/h8-9H,6-7H2,1-5H3,(H,19,20)(H,16,17,18). The lowest BCUT2D eigenvalue weighted by atomic mass is 10.1. The van der Waals surface area contributed by atoms with E-state index in [1.165, 1.54) is 0 Å². The molecule has 1 rings (SSSR count). The van der Waals surface area contributed by atoms with Crippen molar-refractivity contribution in [1.82, 2.24) is 15.3 Å². The highest BCUT2D eigenvalue weighted by atomic mass is 79.9. The number of nitrogens with one attached hydrogen (secondary N) is 2. The molecule has 0 aliphatic heterocycles. The van der Waals surface area contributed by atoms with Crippen LogP contribution in [0.4, 0.5) is 5.82 Å². The molecule has 0 radical (unpaired) electrons. The van der Waals surface area contributed by atoms with Crippen LogP contribution >= 0.6 is 15.9 Å². The van der Waals surface area contributed by atoms with E-state index >= 15 is 0 Å². The van der Waals surface area contributed by atoms with Gasteiger partial charge < -0.3 is 10.6 Å². The van der Waals surface area contributed by atoms with Gasteiger partial charge in [-0.3, -0.25) is 4.79 Å². The Balaban J connectivity index is 2.52. The highest BCUT2D eigenvalue weighted by Crippen LogP contribution is 2.17. The number of carbonyl (C=O) groups excluding carboxylic acids is 1. The lowest BCUT2D eigenvalue weighted by Gasteiger charge is -2.20. The fourth-order valence-electron chi connectivity index (χ4n) is 1.57. The van der Waals surface area contributed by atoms with Crippen molar-refractivity contribution in [2.24, 2.45) is 0 Å². The minimum Gasteiger partial charge on any atom is -0.369 e. The largest absolute Gasteiger partial charge is 0.369 e. The maximum atomic E-state index is 11.7. The molecule has 1 heterocycles. The normalized spacial score (nSPS) is 11.6. The Kier molecular flexibility index (Phi) is 5.92. The summed E-state index contributed by atoms with van der Waals surface area (Å²) >= 11 is 3.37. The Bertz CT molecular complexity index is 469. The number of rotatable bonds is 5. The van der Waals surface area contributed by atoms with Gasteiger partial charge in [-0.15, -0.1) is 0 Å². The third-order valence-electron chi connectivity index (χ3n) is 2.40. The van der Waals surface area contributed by atoms with Crippen molar-refractivity contribution in [2.45, 2.75) is 52.5 Å². The minimum atomic E-state index is -0.195. The highest BCUT2D eigenvalue weighted by Gasteiger charge is 2.13. The molecule has 0 aliphatic carbocycles. The van der Waals surface area contributed by atoms with Gasteiger partial charge in [0, 0.05) is 30.5 Å². The maximum Gasteiger partial charge on any atom is 0.222 e. The smallest absolute Gasteiger partial charge is 0.222 e. The van der Waals surface area contributed by atoms with Crippen molar-refractivity contribution in [3.05, 3.63) is 16.5 Å². The number of nitrogens with zero attached hydrogens (tertiary/aromatic N) is 2. The van der Waals surface area contributed by atoms with Crippen molar-refractivity contribution in [1.29, 1.82) is 0 Å². The molecule has 0 fully saturated rings. The number of anilines is 1. The Morgan fingerprint density at radius 2 is 2.00 bits per heavy atom. The van der Waals surface area contributed by atoms with Crippen molar-refractivity contribution in [3.8, 4) is 0 Å². The lowest BCUT2D eigenvalue weighted by molar-refractivity contribution is -0.122. The first-order valence-electron chi connectivity index (χ1n) is 6.77. The van der Waals surface area contributed by atoms with Crippen LogP contribution in [0.15, 0.2) is 10.7 Å². The van der Waals surface area contributed by atoms with Crippen LogP contribution in [-0.4, -0.2) is 28.0 Å². The zero-order chi connectivity index (χ0) is 15.3. The molecule has 0 unspecified atom stereocenters. The van der Waals surface area contributed by atoms with Crippen LogP contribution < -0.4 is 10.6 Å². The second-order valence-electron chi connectivity index (χ2n) is 6.06. The van der Waals surface area contributed by atoms with Gasteiger partial charge in [0.1, 0.15) is 16.2 Å². The Labute approximate surface area is 129 Å². The molecule has 2 N–H and O–H groups in total. The van der Waals surface area contributed by atoms with E-state index in [1.807, 2.05) is 40.7 Å². The van der Waals surface area contributed by atoms with Gasteiger partial charge >= 0.3 is 0 Å².